The molecule has 1 aromatic heterocycles. The second-order valence-corrected chi connectivity index (χ2v) is 8.35. The Hall–Kier alpha value is -3.32. The van der Waals surface area contributed by atoms with Crippen molar-refractivity contribution in [3.63, 3.8) is 0 Å². The molecular formula is C23H20N2O4S. The van der Waals surface area contributed by atoms with Crippen LogP contribution in [0.1, 0.15) is 28.1 Å². The van der Waals surface area contributed by atoms with Gasteiger partial charge in [0.1, 0.15) is 0 Å². The van der Waals surface area contributed by atoms with Crippen LogP contribution in [0.15, 0.2) is 70.2 Å². The number of anilines is 2. The normalized spacial score (nSPS) is 16.2. The third-order valence-electron chi connectivity index (χ3n) is 4.90. The van der Waals surface area contributed by atoms with Gasteiger partial charge in [0, 0.05) is 17.0 Å². The largest absolute Gasteiger partial charge is 0.459 e. The highest BCUT2D eigenvalue weighted by atomic mass is 32.2. The average molecular weight is 420 g/mol. The summed E-state index contributed by atoms with van der Waals surface area (Å²) in [5.41, 5.74) is 3.11. The first-order valence-electron chi connectivity index (χ1n) is 9.48. The van der Waals surface area contributed by atoms with Gasteiger partial charge in [0.05, 0.1) is 17.2 Å². The van der Waals surface area contributed by atoms with Crippen LogP contribution in [-0.4, -0.2) is 23.0 Å². The molecule has 1 aliphatic heterocycles. The van der Waals surface area contributed by atoms with Crippen molar-refractivity contribution in [3.05, 3.63) is 77.7 Å². The van der Waals surface area contributed by atoms with Gasteiger partial charge in [-0.05, 0) is 61.4 Å². The van der Waals surface area contributed by atoms with Gasteiger partial charge in [-0.15, -0.1) is 11.8 Å². The maximum absolute atomic E-state index is 13.0. The van der Waals surface area contributed by atoms with E-state index in [-0.39, 0.29) is 29.9 Å². The molecule has 152 valence electrons. The predicted octanol–water partition coefficient (Wildman–Crippen LogP) is 4.57. The van der Waals surface area contributed by atoms with Crippen molar-refractivity contribution in [1.29, 1.82) is 0 Å². The minimum absolute atomic E-state index is 0.161. The smallest absolute Gasteiger partial charge is 0.291 e. The number of benzene rings is 2. The number of carbonyl (C=O) groups excluding carboxylic acids is 3. The Kier molecular flexibility index (Phi) is 5.46. The van der Waals surface area contributed by atoms with Crippen molar-refractivity contribution < 1.29 is 18.8 Å². The molecule has 3 aromatic rings. The Labute approximate surface area is 178 Å². The number of para-hydroxylation sites is 1. The van der Waals surface area contributed by atoms with Gasteiger partial charge in [0.15, 0.2) is 5.76 Å². The van der Waals surface area contributed by atoms with Crippen LogP contribution in [0, 0.1) is 13.8 Å². The zero-order chi connectivity index (χ0) is 21.3. The number of nitrogens with zero attached hydrogens (tertiary/aromatic N) is 1. The molecule has 30 heavy (non-hydrogen) atoms. The molecule has 1 atom stereocenters. The van der Waals surface area contributed by atoms with E-state index < -0.39 is 5.25 Å². The van der Waals surface area contributed by atoms with E-state index in [0.717, 1.165) is 16.0 Å². The second-order valence-electron chi connectivity index (χ2n) is 7.07. The molecule has 0 saturated carbocycles. The summed E-state index contributed by atoms with van der Waals surface area (Å²) < 4.78 is 5.07. The molecule has 3 amide bonds. The number of hydrogen-bond donors (Lipinski definition) is 1. The highest BCUT2D eigenvalue weighted by Crippen LogP contribution is 2.36. The lowest BCUT2D eigenvalue weighted by Crippen LogP contribution is -2.32. The first-order chi connectivity index (χ1) is 14.4. The molecular weight excluding hydrogens is 400 g/mol. The van der Waals surface area contributed by atoms with Crippen LogP contribution in [0.2, 0.25) is 0 Å². The summed E-state index contributed by atoms with van der Waals surface area (Å²) in [5, 5.41) is 2.28. The number of hydrogen-bond acceptors (Lipinski definition) is 5. The fraction of sp³-hybridized carbons (Fsp3) is 0.174. The van der Waals surface area contributed by atoms with Crippen molar-refractivity contribution in [2.24, 2.45) is 0 Å². The second kappa shape index (κ2) is 8.20. The maximum Gasteiger partial charge on any atom is 0.291 e. The summed E-state index contributed by atoms with van der Waals surface area (Å²) in [6.45, 7) is 3.80. The number of amides is 3. The molecule has 0 radical (unpaired) electrons. The summed E-state index contributed by atoms with van der Waals surface area (Å²) in [5.74, 6) is -0.480. The van der Waals surface area contributed by atoms with Gasteiger partial charge in [-0.3, -0.25) is 14.4 Å². The van der Waals surface area contributed by atoms with Crippen molar-refractivity contribution in [1.82, 2.24) is 0 Å². The number of furan rings is 1. The Morgan fingerprint density at radius 3 is 2.37 bits per heavy atom. The standard InChI is InChI=1S/C23H20N2O4S/c1-14-5-3-6-15(2)21(14)25-20(26)13-19(23(25)28)30-17-10-8-16(9-11-17)24-22(27)18-7-4-12-29-18/h3-12,19H,13H2,1-2H3,(H,24,27). The first-order valence-corrected chi connectivity index (χ1v) is 10.4. The number of nitrogens with one attached hydrogen (secondary N) is 1. The molecule has 1 unspecified atom stereocenters. The van der Waals surface area contributed by atoms with E-state index in [1.165, 1.54) is 22.9 Å². The first kappa shape index (κ1) is 20.0. The zero-order valence-corrected chi connectivity index (χ0v) is 17.4. The topological polar surface area (TPSA) is 79.6 Å². The minimum atomic E-state index is -0.472. The Morgan fingerprint density at radius 2 is 1.73 bits per heavy atom. The van der Waals surface area contributed by atoms with E-state index in [0.29, 0.717) is 11.4 Å². The van der Waals surface area contributed by atoms with Crippen molar-refractivity contribution >= 4 is 40.9 Å². The molecule has 2 aromatic carbocycles. The van der Waals surface area contributed by atoms with E-state index in [1.54, 1.807) is 24.3 Å². The molecule has 7 heteroatoms. The zero-order valence-electron chi connectivity index (χ0n) is 16.5. The average Bonchev–Trinajstić information content (AvgIpc) is 3.34. The van der Waals surface area contributed by atoms with Crippen LogP contribution < -0.4 is 10.2 Å². The van der Waals surface area contributed by atoms with Gasteiger partial charge >= 0.3 is 0 Å². The highest BCUT2D eigenvalue weighted by Gasteiger charge is 2.41. The number of imide groups is 1. The third kappa shape index (κ3) is 3.89. The number of thioether (sulfide) groups is 1. The summed E-state index contributed by atoms with van der Waals surface area (Å²) >= 11 is 1.36. The third-order valence-corrected chi connectivity index (χ3v) is 6.10. The Morgan fingerprint density at radius 1 is 1.03 bits per heavy atom. The van der Waals surface area contributed by atoms with Crippen LogP contribution in [-0.2, 0) is 9.59 Å². The van der Waals surface area contributed by atoms with Crippen LogP contribution in [0.4, 0.5) is 11.4 Å². The van der Waals surface area contributed by atoms with Crippen LogP contribution in [0.3, 0.4) is 0 Å². The lowest BCUT2D eigenvalue weighted by Gasteiger charge is -2.19. The molecule has 1 aliphatic rings. The Bertz CT molecular complexity index is 1090. The lowest BCUT2D eigenvalue weighted by atomic mass is 10.1. The fourth-order valence-electron chi connectivity index (χ4n) is 3.47. The van der Waals surface area contributed by atoms with Gasteiger partial charge in [0.25, 0.3) is 5.91 Å². The van der Waals surface area contributed by atoms with Gasteiger partial charge in [-0.25, -0.2) is 4.90 Å². The number of aryl methyl sites for hydroxylation is 2. The van der Waals surface area contributed by atoms with Gasteiger partial charge in [-0.2, -0.15) is 0 Å². The fourth-order valence-corrected chi connectivity index (χ4v) is 4.52. The van der Waals surface area contributed by atoms with Gasteiger partial charge in [0.2, 0.25) is 11.8 Å². The summed E-state index contributed by atoms with van der Waals surface area (Å²) in [7, 11) is 0. The molecule has 4 rings (SSSR count). The minimum Gasteiger partial charge on any atom is -0.459 e. The number of rotatable bonds is 5. The Balaban J connectivity index is 1.45. The molecule has 0 aliphatic carbocycles. The molecule has 0 spiro atoms. The SMILES string of the molecule is Cc1cccc(C)c1N1C(=O)CC(Sc2ccc(NC(=O)c3ccco3)cc2)C1=O. The van der Waals surface area contributed by atoms with E-state index in [2.05, 4.69) is 5.32 Å². The summed E-state index contributed by atoms with van der Waals surface area (Å²) in [4.78, 5) is 39.8. The van der Waals surface area contributed by atoms with Crippen LogP contribution in [0.25, 0.3) is 0 Å². The maximum atomic E-state index is 13.0. The monoisotopic (exact) mass is 420 g/mol. The molecule has 1 N–H and O–H groups in total. The van der Waals surface area contributed by atoms with E-state index in [4.69, 9.17) is 4.42 Å². The molecule has 1 saturated heterocycles. The van der Waals surface area contributed by atoms with Crippen molar-refractivity contribution in [3.8, 4) is 0 Å². The summed E-state index contributed by atoms with van der Waals surface area (Å²) in [6, 6.07) is 16.1. The predicted molar refractivity (Wildman–Crippen MR) is 116 cm³/mol. The lowest BCUT2D eigenvalue weighted by molar-refractivity contribution is -0.121. The molecule has 1 fully saturated rings. The van der Waals surface area contributed by atoms with E-state index >= 15 is 0 Å². The van der Waals surface area contributed by atoms with Crippen LogP contribution >= 0.6 is 11.8 Å². The van der Waals surface area contributed by atoms with E-state index in [1.807, 2.05) is 44.2 Å². The van der Waals surface area contributed by atoms with Gasteiger partial charge < -0.3 is 9.73 Å². The van der Waals surface area contributed by atoms with Crippen molar-refractivity contribution in [2.45, 2.75) is 30.4 Å². The number of carbonyl (C=O) groups is 3. The molecule has 2 heterocycles. The quantitative estimate of drug-likeness (QED) is 0.612. The molecule has 6 nitrogen and oxygen atoms in total. The van der Waals surface area contributed by atoms with Gasteiger partial charge in [-0.1, -0.05) is 18.2 Å². The molecule has 0 bridgehead atoms. The summed E-state index contributed by atoms with van der Waals surface area (Å²) in [6.07, 6.45) is 1.60. The van der Waals surface area contributed by atoms with Crippen LogP contribution in [0.5, 0.6) is 0 Å². The highest BCUT2D eigenvalue weighted by molar-refractivity contribution is 8.00. The van der Waals surface area contributed by atoms with E-state index in [9.17, 15) is 14.4 Å². The van der Waals surface area contributed by atoms with Crippen molar-refractivity contribution in [2.75, 3.05) is 10.2 Å².